The van der Waals surface area contributed by atoms with E-state index in [4.69, 9.17) is 14.5 Å². The van der Waals surface area contributed by atoms with E-state index in [-0.39, 0.29) is 5.60 Å². The van der Waals surface area contributed by atoms with Crippen LogP contribution in [0, 0.1) is 5.92 Å². The van der Waals surface area contributed by atoms with Gasteiger partial charge in [-0.3, -0.25) is 0 Å². The first-order valence-electron chi connectivity index (χ1n) is 4.41. The molecule has 0 radical (unpaired) electrons. The van der Waals surface area contributed by atoms with Crippen LogP contribution in [0.25, 0.3) is 0 Å². The van der Waals surface area contributed by atoms with Crippen molar-refractivity contribution in [3.05, 3.63) is 0 Å². The summed E-state index contributed by atoms with van der Waals surface area (Å²) in [7, 11) is 1.65. The molecular formula is C9H17IO3. The minimum absolute atomic E-state index is 0.201. The minimum atomic E-state index is -0.587. The van der Waals surface area contributed by atoms with Crippen molar-refractivity contribution in [2.24, 2.45) is 5.92 Å². The highest BCUT2D eigenvalue weighted by molar-refractivity contribution is 14.1. The highest BCUT2D eigenvalue weighted by Crippen LogP contribution is 2.38. The molecule has 78 valence electrons. The Morgan fingerprint density at radius 3 is 2.46 bits per heavy atom. The van der Waals surface area contributed by atoms with E-state index in [0.29, 0.717) is 5.92 Å². The van der Waals surface area contributed by atoms with Gasteiger partial charge in [-0.05, 0) is 27.2 Å². The second kappa shape index (κ2) is 4.00. The molecule has 1 aliphatic heterocycles. The molecule has 3 nitrogen and oxygen atoms in total. The first-order valence-corrected chi connectivity index (χ1v) is 5.94. The van der Waals surface area contributed by atoms with Gasteiger partial charge in [-0.1, -0.05) is 22.6 Å². The van der Waals surface area contributed by atoms with Gasteiger partial charge in [0.1, 0.15) is 0 Å². The predicted octanol–water partition coefficient (Wildman–Crippen LogP) is 2.53. The van der Waals surface area contributed by atoms with Crippen molar-refractivity contribution in [1.82, 2.24) is 0 Å². The molecule has 0 aromatic rings. The number of alkyl halides is 1. The molecule has 0 N–H and O–H groups in total. The number of hydrogen-bond acceptors (Lipinski definition) is 3. The summed E-state index contributed by atoms with van der Waals surface area (Å²) in [4.78, 5) is 10.6. The topological polar surface area (TPSA) is 27.7 Å². The van der Waals surface area contributed by atoms with Crippen molar-refractivity contribution in [3.8, 4) is 0 Å². The second-order valence-corrected chi connectivity index (χ2v) is 5.08. The molecule has 0 saturated carbocycles. The van der Waals surface area contributed by atoms with E-state index >= 15 is 0 Å². The normalized spacial score (nSPS) is 39.0. The van der Waals surface area contributed by atoms with E-state index < -0.39 is 5.79 Å². The molecule has 0 bridgehead atoms. The van der Waals surface area contributed by atoms with Gasteiger partial charge in [0.05, 0.1) is 5.60 Å². The summed E-state index contributed by atoms with van der Waals surface area (Å²) >= 11 is 2.36. The smallest absolute Gasteiger partial charge is 0.202 e. The molecule has 0 amide bonds. The molecule has 1 saturated heterocycles. The van der Waals surface area contributed by atoms with E-state index in [1.165, 1.54) is 0 Å². The standard InChI is InChI=1S/C9H17IO3/c1-8(2)5-7(6-10)9(3,11-4)13-12-8/h7H,5-6H2,1-4H3. The van der Waals surface area contributed by atoms with Gasteiger partial charge in [0, 0.05) is 17.5 Å². The molecule has 1 rings (SSSR count). The SMILES string of the molecule is COC1(C)OOC(C)(C)CC1CI. The molecule has 2 unspecified atom stereocenters. The largest absolute Gasteiger partial charge is 0.351 e. The van der Waals surface area contributed by atoms with Crippen LogP contribution in [-0.2, 0) is 14.5 Å². The highest BCUT2D eigenvalue weighted by Gasteiger charge is 2.45. The summed E-state index contributed by atoms with van der Waals surface area (Å²) in [5, 5.41) is 0. The van der Waals surface area contributed by atoms with Crippen LogP contribution in [0.15, 0.2) is 0 Å². The van der Waals surface area contributed by atoms with Crippen molar-refractivity contribution < 1.29 is 14.5 Å². The average Bonchev–Trinajstić information content (AvgIpc) is 2.09. The van der Waals surface area contributed by atoms with Crippen LogP contribution in [0.5, 0.6) is 0 Å². The quantitative estimate of drug-likeness (QED) is 0.445. The monoisotopic (exact) mass is 300 g/mol. The summed E-state index contributed by atoms with van der Waals surface area (Å²) in [5.74, 6) is -0.210. The molecular weight excluding hydrogens is 283 g/mol. The lowest BCUT2D eigenvalue weighted by Gasteiger charge is -2.44. The Kier molecular flexibility index (Phi) is 3.60. The summed E-state index contributed by atoms with van der Waals surface area (Å²) in [6, 6.07) is 0. The fourth-order valence-electron chi connectivity index (χ4n) is 1.47. The zero-order chi connectivity index (χ0) is 10.1. The first kappa shape index (κ1) is 11.7. The molecule has 2 atom stereocenters. The van der Waals surface area contributed by atoms with E-state index in [2.05, 4.69) is 22.6 Å². The Morgan fingerprint density at radius 1 is 1.38 bits per heavy atom. The molecule has 1 heterocycles. The molecule has 0 spiro atoms. The third-order valence-corrected chi connectivity index (χ3v) is 3.57. The van der Waals surface area contributed by atoms with E-state index in [1.54, 1.807) is 7.11 Å². The van der Waals surface area contributed by atoms with Crippen LogP contribution < -0.4 is 0 Å². The summed E-state index contributed by atoms with van der Waals surface area (Å²) in [5.41, 5.74) is -0.201. The lowest BCUT2D eigenvalue weighted by Crippen LogP contribution is -2.51. The van der Waals surface area contributed by atoms with Crippen LogP contribution >= 0.6 is 22.6 Å². The third kappa shape index (κ3) is 2.55. The zero-order valence-electron chi connectivity index (χ0n) is 8.59. The van der Waals surface area contributed by atoms with E-state index in [9.17, 15) is 0 Å². The van der Waals surface area contributed by atoms with Gasteiger partial charge in [0.2, 0.25) is 5.79 Å². The van der Waals surface area contributed by atoms with Gasteiger partial charge >= 0.3 is 0 Å². The van der Waals surface area contributed by atoms with Gasteiger partial charge in [0.15, 0.2) is 0 Å². The van der Waals surface area contributed by atoms with Gasteiger partial charge < -0.3 is 4.74 Å². The molecule has 1 fully saturated rings. The van der Waals surface area contributed by atoms with Crippen LogP contribution in [0.4, 0.5) is 0 Å². The molecule has 1 aliphatic rings. The lowest BCUT2D eigenvalue weighted by atomic mass is 9.88. The number of methoxy groups -OCH3 is 1. The van der Waals surface area contributed by atoms with Gasteiger partial charge in [-0.25, -0.2) is 9.78 Å². The Bertz CT molecular complexity index is 184. The Labute approximate surface area is 93.2 Å². The van der Waals surface area contributed by atoms with Gasteiger partial charge in [-0.15, -0.1) is 0 Å². The fourth-order valence-corrected chi connectivity index (χ4v) is 2.58. The third-order valence-electron chi connectivity index (χ3n) is 2.50. The minimum Gasteiger partial charge on any atom is -0.351 e. The van der Waals surface area contributed by atoms with Crippen molar-refractivity contribution in [1.29, 1.82) is 0 Å². The Morgan fingerprint density at radius 2 is 2.00 bits per heavy atom. The summed E-state index contributed by atoms with van der Waals surface area (Å²) < 4.78 is 6.33. The van der Waals surface area contributed by atoms with Crippen molar-refractivity contribution in [2.45, 2.75) is 38.6 Å². The maximum Gasteiger partial charge on any atom is 0.202 e. The fraction of sp³-hybridized carbons (Fsp3) is 1.00. The number of ether oxygens (including phenoxy) is 1. The zero-order valence-corrected chi connectivity index (χ0v) is 10.8. The Balaban J connectivity index is 2.71. The summed E-state index contributed by atoms with van der Waals surface area (Å²) in [6.45, 7) is 5.98. The molecule has 0 aliphatic carbocycles. The molecule has 0 aromatic heterocycles. The molecule has 4 heteroatoms. The summed E-state index contributed by atoms with van der Waals surface area (Å²) in [6.07, 6.45) is 0.959. The van der Waals surface area contributed by atoms with Crippen LogP contribution in [0.3, 0.4) is 0 Å². The first-order chi connectivity index (χ1) is 5.93. The van der Waals surface area contributed by atoms with E-state index in [0.717, 1.165) is 10.8 Å². The van der Waals surface area contributed by atoms with Crippen LogP contribution in [0.1, 0.15) is 27.2 Å². The number of rotatable bonds is 2. The predicted molar refractivity (Wildman–Crippen MR) is 58.7 cm³/mol. The van der Waals surface area contributed by atoms with Crippen molar-refractivity contribution >= 4 is 22.6 Å². The van der Waals surface area contributed by atoms with E-state index in [1.807, 2.05) is 20.8 Å². The maximum atomic E-state index is 5.32. The number of hydrogen-bond donors (Lipinski definition) is 0. The van der Waals surface area contributed by atoms with Gasteiger partial charge in [-0.2, -0.15) is 0 Å². The molecule has 13 heavy (non-hydrogen) atoms. The van der Waals surface area contributed by atoms with Crippen LogP contribution in [0.2, 0.25) is 0 Å². The average molecular weight is 300 g/mol. The second-order valence-electron chi connectivity index (χ2n) is 4.20. The van der Waals surface area contributed by atoms with Crippen LogP contribution in [-0.4, -0.2) is 22.9 Å². The van der Waals surface area contributed by atoms with Gasteiger partial charge in [0.25, 0.3) is 0 Å². The number of halogens is 1. The van der Waals surface area contributed by atoms with Crippen molar-refractivity contribution in [2.75, 3.05) is 11.5 Å². The Hall–Kier alpha value is 0.610. The highest BCUT2D eigenvalue weighted by atomic mass is 127. The van der Waals surface area contributed by atoms with Crippen molar-refractivity contribution in [3.63, 3.8) is 0 Å². The molecule has 0 aromatic carbocycles. The lowest BCUT2D eigenvalue weighted by molar-refractivity contribution is -0.491. The maximum absolute atomic E-state index is 5.32.